The Hall–Kier alpha value is -0.970. The molecule has 1 saturated carbocycles. The summed E-state index contributed by atoms with van der Waals surface area (Å²) in [6.07, 6.45) is 5.00. The van der Waals surface area contributed by atoms with Gasteiger partial charge in [0.05, 0.1) is 5.69 Å². The number of rotatable bonds is 5. The lowest BCUT2D eigenvalue weighted by Gasteiger charge is -2.21. The maximum atomic E-state index is 11.7. The van der Waals surface area contributed by atoms with E-state index in [0.717, 1.165) is 18.5 Å². The second kappa shape index (κ2) is 6.46. The second-order valence-corrected chi connectivity index (χ2v) is 5.89. The van der Waals surface area contributed by atoms with Gasteiger partial charge in [0, 0.05) is 25.2 Å². The van der Waals surface area contributed by atoms with Gasteiger partial charge < -0.3 is 5.32 Å². The fourth-order valence-corrected chi connectivity index (χ4v) is 3.18. The van der Waals surface area contributed by atoms with Gasteiger partial charge in [-0.25, -0.2) is 0 Å². The zero-order chi connectivity index (χ0) is 13.8. The number of amides is 1. The Kier molecular flexibility index (Phi) is 4.91. The summed E-state index contributed by atoms with van der Waals surface area (Å²) in [7, 11) is 1.99. The highest BCUT2D eigenvalue weighted by Gasteiger charge is 2.29. The Morgan fingerprint density at radius 1 is 1.58 bits per heavy atom. The predicted octanol–water partition coefficient (Wildman–Crippen LogP) is 1.88. The molecule has 5 heteroatoms. The minimum atomic E-state index is 0.132. The molecule has 1 aliphatic rings. The Morgan fingerprint density at radius 3 is 3.00 bits per heavy atom. The van der Waals surface area contributed by atoms with Crippen LogP contribution in [0.15, 0.2) is 6.07 Å². The van der Waals surface area contributed by atoms with E-state index in [9.17, 15) is 4.79 Å². The molecule has 0 radical (unpaired) electrons. The van der Waals surface area contributed by atoms with Crippen molar-refractivity contribution in [3.05, 3.63) is 17.5 Å². The third-order valence-corrected chi connectivity index (χ3v) is 4.14. The summed E-state index contributed by atoms with van der Waals surface area (Å²) in [6, 6.07) is 2.47. The maximum Gasteiger partial charge on any atom is 0.221 e. The van der Waals surface area contributed by atoms with E-state index in [1.807, 2.05) is 18.7 Å². The van der Waals surface area contributed by atoms with Crippen LogP contribution in [0.4, 0.5) is 0 Å². The first-order valence-corrected chi connectivity index (χ1v) is 7.63. The van der Waals surface area contributed by atoms with Crippen molar-refractivity contribution in [2.75, 3.05) is 5.75 Å². The van der Waals surface area contributed by atoms with Crippen molar-refractivity contribution in [3.63, 3.8) is 0 Å². The average molecular weight is 281 g/mol. The summed E-state index contributed by atoms with van der Waals surface area (Å²) < 4.78 is 1.96. The maximum absolute atomic E-state index is 11.7. The van der Waals surface area contributed by atoms with Gasteiger partial charge in [-0.1, -0.05) is 6.42 Å². The van der Waals surface area contributed by atoms with Gasteiger partial charge in [0.25, 0.3) is 0 Å². The van der Waals surface area contributed by atoms with Crippen LogP contribution in [0, 0.1) is 12.8 Å². The summed E-state index contributed by atoms with van der Waals surface area (Å²) in [5.41, 5.74) is 2.32. The molecule has 4 nitrogen and oxygen atoms in total. The van der Waals surface area contributed by atoms with E-state index >= 15 is 0 Å². The first kappa shape index (κ1) is 14.4. The molecule has 0 bridgehead atoms. The number of nitrogens with zero attached hydrogens (tertiary/aromatic N) is 2. The van der Waals surface area contributed by atoms with Crippen molar-refractivity contribution in [1.82, 2.24) is 15.1 Å². The molecule has 106 valence electrons. The molecular formula is C14H23N3OS. The minimum Gasteiger partial charge on any atom is -0.353 e. The zero-order valence-electron chi connectivity index (χ0n) is 11.7. The molecule has 0 aromatic carbocycles. The largest absolute Gasteiger partial charge is 0.353 e. The average Bonchev–Trinajstić information content (AvgIpc) is 2.88. The SMILES string of the molecule is Cc1cc(CC2CCCC2NC(=O)CCS)n(C)n1. The first-order valence-electron chi connectivity index (χ1n) is 7.00. The van der Waals surface area contributed by atoms with Gasteiger partial charge in [0.1, 0.15) is 0 Å². The Bertz CT molecular complexity index is 444. The van der Waals surface area contributed by atoms with Crippen molar-refractivity contribution in [2.45, 2.75) is 45.1 Å². The molecule has 1 aliphatic carbocycles. The van der Waals surface area contributed by atoms with E-state index in [2.05, 4.69) is 29.1 Å². The Morgan fingerprint density at radius 2 is 2.37 bits per heavy atom. The summed E-state index contributed by atoms with van der Waals surface area (Å²) >= 11 is 4.10. The topological polar surface area (TPSA) is 46.9 Å². The lowest BCUT2D eigenvalue weighted by molar-refractivity contribution is -0.121. The smallest absolute Gasteiger partial charge is 0.221 e. The molecule has 1 N–H and O–H groups in total. The molecule has 2 rings (SSSR count). The predicted molar refractivity (Wildman–Crippen MR) is 79.4 cm³/mol. The summed E-state index contributed by atoms with van der Waals surface area (Å²) in [4.78, 5) is 11.7. The van der Waals surface area contributed by atoms with Gasteiger partial charge >= 0.3 is 0 Å². The third kappa shape index (κ3) is 3.75. The number of hydrogen-bond donors (Lipinski definition) is 2. The molecule has 1 heterocycles. The lowest BCUT2D eigenvalue weighted by Crippen LogP contribution is -2.38. The minimum absolute atomic E-state index is 0.132. The van der Waals surface area contributed by atoms with Crippen molar-refractivity contribution in [2.24, 2.45) is 13.0 Å². The van der Waals surface area contributed by atoms with Crippen LogP contribution in [0.3, 0.4) is 0 Å². The Balaban J connectivity index is 1.95. The summed E-state index contributed by atoms with van der Waals surface area (Å²) in [5, 5.41) is 7.55. The first-order chi connectivity index (χ1) is 9.10. The van der Waals surface area contributed by atoms with Gasteiger partial charge in [-0.05, 0) is 43.9 Å². The number of thiol groups is 1. The molecule has 1 aromatic heterocycles. The molecule has 2 atom stereocenters. The number of hydrogen-bond acceptors (Lipinski definition) is 3. The van der Waals surface area contributed by atoms with E-state index in [0.29, 0.717) is 24.1 Å². The van der Waals surface area contributed by atoms with Gasteiger partial charge in [-0.2, -0.15) is 17.7 Å². The molecule has 19 heavy (non-hydrogen) atoms. The molecular weight excluding hydrogens is 258 g/mol. The fraction of sp³-hybridized carbons (Fsp3) is 0.714. The molecule has 0 spiro atoms. The van der Waals surface area contributed by atoms with Crippen molar-refractivity contribution in [1.29, 1.82) is 0 Å². The quantitative estimate of drug-likeness (QED) is 0.810. The van der Waals surface area contributed by atoms with Crippen LogP contribution < -0.4 is 5.32 Å². The van der Waals surface area contributed by atoms with Crippen molar-refractivity contribution >= 4 is 18.5 Å². The van der Waals surface area contributed by atoms with Gasteiger partial charge in [0.2, 0.25) is 5.91 Å². The standard InChI is InChI=1S/C14H23N3OS/c1-10-8-12(17(2)16-10)9-11-4-3-5-13(11)15-14(18)6-7-19/h8,11,13,19H,3-7,9H2,1-2H3,(H,15,18). The highest BCUT2D eigenvalue weighted by Crippen LogP contribution is 2.29. The third-order valence-electron chi connectivity index (χ3n) is 3.91. The van der Waals surface area contributed by atoms with Crippen LogP contribution in [-0.4, -0.2) is 27.5 Å². The number of aryl methyl sites for hydroxylation is 2. The molecule has 1 fully saturated rings. The van der Waals surface area contributed by atoms with Gasteiger partial charge in [-0.3, -0.25) is 9.48 Å². The highest BCUT2D eigenvalue weighted by molar-refractivity contribution is 7.80. The number of carbonyl (C=O) groups excluding carboxylic acids is 1. The normalized spacial score (nSPS) is 22.7. The molecule has 1 amide bonds. The van der Waals surface area contributed by atoms with Gasteiger partial charge in [-0.15, -0.1) is 0 Å². The van der Waals surface area contributed by atoms with Crippen LogP contribution in [0.5, 0.6) is 0 Å². The van der Waals surface area contributed by atoms with Crippen molar-refractivity contribution < 1.29 is 4.79 Å². The van der Waals surface area contributed by atoms with Crippen LogP contribution in [-0.2, 0) is 18.3 Å². The van der Waals surface area contributed by atoms with E-state index in [1.54, 1.807) is 0 Å². The van der Waals surface area contributed by atoms with E-state index in [1.165, 1.54) is 18.5 Å². The molecule has 2 unspecified atom stereocenters. The van der Waals surface area contributed by atoms with E-state index in [4.69, 9.17) is 0 Å². The summed E-state index contributed by atoms with van der Waals surface area (Å²) in [6.45, 7) is 2.02. The number of nitrogens with one attached hydrogen (secondary N) is 1. The molecule has 1 aromatic rings. The molecule has 0 saturated heterocycles. The zero-order valence-corrected chi connectivity index (χ0v) is 12.6. The van der Waals surface area contributed by atoms with E-state index in [-0.39, 0.29) is 5.91 Å². The van der Waals surface area contributed by atoms with Crippen molar-refractivity contribution in [3.8, 4) is 0 Å². The summed E-state index contributed by atoms with van der Waals surface area (Å²) in [5.74, 6) is 1.29. The lowest BCUT2D eigenvalue weighted by atomic mass is 9.97. The highest BCUT2D eigenvalue weighted by atomic mass is 32.1. The van der Waals surface area contributed by atoms with Crippen LogP contribution in [0.2, 0.25) is 0 Å². The monoisotopic (exact) mass is 281 g/mol. The molecule has 0 aliphatic heterocycles. The fourth-order valence-electron chi connectivity index (χ4n) is 2.98. The van der Waals surface area contributed by atoms with Gasteiger partial charge in [0.15, 0.2) is 0 Å². The van der Waals surface area contributed by atoms with E-state index < -0.39 is 0 Å². The Labute approximate surface area is 120 Å². The van der Waals surface area contributed by atoms with Crippen LogP contribution >= 0.6 is 12.6 Å². The van der Waals surface area contributed by atoms with Crippen LogP contribution in [0.1, 0.15) is 37.1 Å². The number of carbonyl (C=O) groups is 1. The van der Waals surface area contributed by atoms with Crippen LogP contribution in [0.25, 0.3) is 0 Å². The second-order valence-electron chi connectivity index (χ2n) is 5.44. The number of aromatic nitrogens is 2.